The number of hydrogen-bond donors (Lipinski definition) is 0. The van der Waals surface area contributed by atoms with Crippen molar-refractivity contribution in [1.29, 1.82) is 0 Å². The van der Waals surface area contributed by atoms with Gasteiger partial charge in [0.15, 0.2) is 5.70 Å². The van der Waals surface area contributed by atoms with Crippen molar-refractivity contribution < 1.29 is 19.1 Å². The number of cyclic esters (lactones) is 1. The average molecular weight is 440 g/mol. The molecule has 5 heteroatoms. The number of aryl methyl sites for hydroxylation is 1. The monoisotopic (exact) mass is 439 g/mol. The molecule has 1 heterocycles. The lowest BCUT2D eigenvalue weighted by Gasteiger charge is -2.18. The highest BCUT2D eigenvalue weighted by Crippen LogP contribution is 2.25. The average Bonchev–Trinajstić information content (AvgIpc) is 3.15. The highest BCUT2D eigenvalue weighted by Gasteiger charge is 2.24. The summed E-state index contributed by atoms with van der Waals surface area (Å²) in [6, 6.07) is 21.9. The number of carbonyl (C=O) groups excluding carboxylic acids is 2. The lowest BCUT2D eigenvalue weighted by Crippen LogP contribution is -2.11. The molecule has 0 atom stereocenters. The van der Waals surface area contributed by atoms with E-state index in [1.54, 1.807) is 42.5 Å². The van der Waals surface area contributed by atoms with Gasteiger partial charge in [-0.25, -0.2) is 14.6 Å². The largest absolute Gasteiger partial charge is 0.423 e. The summed E-state index contributed by atoms with van der Waals surface area (Å²) >= 11 is 0. The van der Waals surface area contributed by atoms with Crippen molar-refractivity contribution >= 4 is 23.9 Å². The molecule has 0 amide bonds. The van der Waals surface area contributed by atoms with Gasteiger partial charge in [-0.2, -0.15) is 0 Å². The summed E-state index contributed by atoms with van der Waals surface area (Å²) in [5.74, 6) is -0.220. The number of esters is 2. The molecule has 0 fully saturated rings. The second-order valence-corrected chi connectivity index (χ2v) is 8.99. The van der Waals surface area contributed by atoms with Gasteiger partial charge in [0.25, 0.3) is 0 Å². The molecule has 0 spiro atoms. The highest BCUT2D eigenvalue weighted by molar-refractivity contribution is 6.12. The van der Waals surface area contributed by atoms with Gasteiger partial charge in [0.05, 0.1) is 5.56 Å². The molecular weight excluding hydrogens is 414 g/mol. The van der Waals surface area contributed by atoms with E-state index in [1.807, 2.05) is 43.3 Å². The zero-order valence-corrected chi connectivity index (χ0v) is 19.1. The summed E-state index contributed by atoms with van der Waals surface area (Å²) in [6.45, 7) is 8.39. The smallest absolute Gasteiger partial charge is 0.363 e. The number of ether oxygens (including phenoxy) is 2. The fourth-order valence-electron chi connectivity index (χ4n) is 3.29. The van der Waals surface area contributed by atoms with E-state index in [9.17, 15) is 9.59 Å². The number of benzene rings is 3. The summed E-state index contributed by atoms with van der Waals surface area (Å²) < 4.78 is 10.8. The van der Waals surface area contributed by atoms with Gasteiger partial charge >= 0.3 is 11.9 Å². The van der Waals surface area contributed by atoms with E-state index < -0.39 is 11.9 Å². The van der Waals surface area contributed by atoms with Crippen LogP contribution in [-0.4, -0.2) is 17.8 Å². The maximum absolute atomic E-state index is 12.3. The van der Waals surface area contributed by atoms with Crippen LogP contribution in [0.3, 0.4) is 0 Å². The minimum atomic E-state index is -0.500. The Bertz CT molecular complexity index is 1240. The van der Waals surface area contributed by atoms with E-state index >= 15 is 0 Å². The molecule has 0 bridgehead atoms. The zero-order chi connectivity index (χ0) is 23.6. The standard InChI is InChI=1S/C28H25NO4/c1-18-5-9-21(10-6-18)26(30)32-23-15-7-19(8-16-23)17-24-27(31)33-25(29-24)20-11-13-22(14-12-20)28(2,3)4/h5-17H,1-4H3/b24-17+. The van der Waals surface area contributed by atoms with E-state index in [-0.39, 0.29) is 17.0 Å². The number of carbonyl (C=O) groups is 2. The molecule has 0 saturated heterocycles. The Morgan fingerprint density at radius 3 is 2.15 bits per heavy atom. The minimum absolute atomic E-state index is 0.0401. The molecule has 3 aromatic rings. The Labute approximate surface area is 193 Å². The first-order valence-electron chi connectivity index (χ1n) is 10.7. The molecule has 0 radical (unpaired) electrons. The quantitative estimate of drug-likeness (QED) is 0.290. The van der Waals surface area contributed by atoms with Gasteiger partial charge < -0.3 is 9.47 Å². The molecule has 1 aliphatic rings. The summed E-state index contributed by atoms with van der Waals surface area (Å²) in [4.78, 5) is 28.9. The van der Waals surface area contributed by atoms with E-state index in [4.69, 9.17) is 9.47 Å². The van der Waals surface area contributed by atoms with Gasteiger partial charge in [0.1, 0.15) is 5.75 Å². The molecule has 0 unspecified atom stereocenters. The van der Waals surface area contributed by atoms with Crippen LogP contribution < -0.4 is 4.74 Å². The summed E-state index contributed by atoms with van der Waals surface area (Å²) in [6.07, 6.45) is 1.64. The van der Waals surface area contributed by atoms with Crippen LogP contribution in [0, 0.1) is 6.92 Å². The van der Waals surface area contributed by atoms with E-state index in [2.05, 4.69) is 25.8 Å². The summed E-state index contributed by atoms with van der Waals surface area (Å²) in [5, 5.41) is 0. The van der Waals surface area contributed by atoms with Crippen LogP contribution in [0.4, 0.5) is 0 Å². The topological polar surface area (TPSA) is 65.0 Å². The van der Waals surface area contributed by atoms with Gasteiger partial charge in [-0.15, -0.1) is 0 Å². The Hall–Kier alpha value is -3.99. The molecular formula is C28H25NO4. The Morgan fingerprint density at radius 1 is 0.909 bits per heavy atom. The molecule has 3 aromatic carbocycles. The van der Waals surface area contributed by atoms with Crippen molar-refractivity contribution in [2.45, 2.75) is 33.1 Å². The van der Waals surface area contributed by atoms with Crippen LogP contribution in [-0.2, 0) is 14.9 Å². The fourth-order valence-corrected chi connectivity index (χ4v) is 3.29. The molecule has 33 heavy (non-hydrogen) atoms. The van der Waals surface area contributed by atoms with Gasteiger partial charge in [0.2, 0.25) is 5.90 Å². The van der Waals surface area contributed by atoms with Gasteiger partial charge in [0, 0.05) is 5.56 Å². The number of nitrogens with zero attached hydrogens (tertiary/aromatic N) is 1. The molecule has 0 N–H and O–H groups in total. The van der Waals surface area contributed by atoms with Gasteiger partial charge in [-0.3, -0.25) is 0 Å². The Balaban J connectivity index is 1.47. The third kappa shape index (κ3) is 5.26. The van der Waals surface area contributed by atoms with Crippen molar-refractivity contribution in [1.82, 2.24) is 0 Å². The molecule has 5 nitrogen and oxygen atoms in total. The van der Waals surface area contributed by atoms with E-state index in [1.165, 1.54) is 5.56 Å². The second kappa shape index (κ2) is 8.87. The molecule has 0 aromatic heterocycles. The van der Waals surface area contributed by atoms with E-state index in [0.29, 0.717) is 11.3 Å². The van der Waals surface area contributed by atoms with Crippen LogP contribution in [0.1, 0.15) is 53.4 Å². The van der Waals surface area contributed by atoms with Crippen molar-refractivity contribution in [2.75, 3.05) is 0 Å². The molecule has 0 saturated carbocycles. The van der Waals surface area contributed by atoms with E-state index in [0.717, 1.165) is 16.7 Å². The molecule has 0 aliphatic carbocycles. The number of aliphatic imine (C=N–C) groups is 1. The Kier molecular flexibility index (Phi) is 5.97. The van der Waals surface area contributed by atoms with Crippen LogP contribution in [0.15, 0.2) is 83.5 Å². The first kappa shape index (κ1) is 22.2. The Morgan fingerprint density at radius 2 is 1.55 bits per heavy atom. The zero-order valence-electron chi connectivity index (χ0n) is 19.1. The summed E-state index contributed by atoms with van der Waals surface area (Å²) in [7, 11) is 0. The van der Waals surface area contributed by atoms with Gasteiger partial charge in [-0.05, 0) is 65.9 Å². The molecule has 1 aliphatic heterocycles. The van der Waals surface area contributed by atoms with Gasteiger partial charge in [-0.1, -0.05) is 62.7 Å². The lowest BCUT2D eigenvalue weighted by molar-refractivity contribution is -0.129. The van der Waals surface area contributed by atoms with Crippen molar-refractivity contribution in [3.05, 3.63) is 106 Å². The normalized spacial score (nSPS) is 14.7. The third-order valence-electron chi connectivity index (χ3n) is 5.30. The van der Waals surface area contributed by atoms with Crippen molar-refractivity contribution in [3.63, 3.8) is 0 Å². The lowest BCUT2D eigenvalue weighted by atomic mass is 9.87. The van der Waals surface area contributed by atoms with Crippen LogP contribution in [0.25, 0.3) is 6.08 Å². The highest BCUT2D eigenvalue weighted by atomic mass is 16.6. The summed E-state index contributed by atoms with van der Waals surface area (Å²) in [5.41, 5.74) is 4.49. The van der Waals surface area contributed by atoms with Crippen LogP contribution >= 0.6 is 0 Å². The van der Waals surface area contributed by atoms with Crippen molar-refractivity contribution in [3.8, 4) is 5.75 Å². The molecule has 166 valence electrons. The minimum Gasteiger partial charge on any atom is -0.423 e. The number of rotatable bonds is 4. The predicted molar refractivity (Wildman–Crippen MR) is 128 cm³/mol. The number of hydrogen-bond acceptors (Lipinski definition) is 5. The maximum atomic E-state index is 12.3. The SMILES string of the molecule is Cc1ccc(C(=O)Oc2ccc(/C=C3/N=C(c4ccc(C(C)(C)C)cc4)OC3=O)cc2)cc1. The van der Waals surface area contributed by atoms with Crippen LogP contribution in [0.2, 0.25) is 0 Å². The maximum Gasteiger partial charge on any atom is 0.363 e. The predicted octanol–water partition coefficient (Wildman–Crippen LogP) is 5.86. The molecule has 4 rings (SSSR count). The van der Waals surface area contributed by atoms with Crippen LogP contribution in [0.5, 0.6) is 5.75 Å². The fraction of sp³-hybridized carbons (Fsp3) is 0.179. The third-order valence-corrected chi connectivity index (χ3v) is 5.30. The first-order valence-corrected chi connectivity index (χ1v) is 10.7. The van der Waals surface area contributed by atoms with Crippen molar-refractivity contribution in [2.24, 2.45) is 4.99 Å². The first-order chi connectivity index (χ1) is 15.7. The second-order valence-electron chi connectivity index (χ2n) is 8.99.